The van der Waals surface area contributed by atoms with E-state index in [0.717, 1.165) is 19.3 Å². The van der Waals surface area contributed by atoms with Gasteiger partial charge < -0.3 is 15.2 Å². The predicted octanol–water partition coefficient (Wildman–Crippen LogP) is 2.61. The van der Waals surface area contributed by atoms with Crippen molar-refractivity contribution in [2.75, 3.05) is 7.11 Å². The van der Waals surface area contributed by atoms with Crippen LogP contribution in [-0.4, -0.2) is 60.6 Å². The van der Waals surface area contributed by atoms with Crippen LogP contribution < -0.4 is 5.73 Å². The SMILES string of the molecule is CCCCCCCCCCCC(=O)OC(=O)CC[C@H](N)C(=O)OC.[NaH]. The number of carbonyl (C=O) groups excluding carboxylic acids is 3. The van der Waals surface area contributed by atoms with Crippen LogP contribution in [0.5, 0.6) is 0 Å². The molecule has 0 bridgehead atoms. The van der Waals surface area contributed by atoms with Crippen LogP contribution in [0.25, 0.3) is 0 Å². The summed E-state index contributed by atoms with van der Waals surface area (Å²) in [6, 6.07) is -0.866. The van der Waals surface area contributed by atoms with Gasteiger partial charge in [-0.25, -0.2) is 0 Å². The molecule has 1 atom stereocenters. The van der Waals surface area contributed by atoms with E-state index >= 15 is 0 Å². The number of carbonyl (C=O) groups is 3. The molecule has 0 amide bonds. The van der Waals surface area contributed by atoms with Crippen LogP contribution in [-0.2, 0) is 23.9 Å². The van der Waals surface area contributed by atoms with Crippen LogP contribution in [0.15, 0.2) is 0 Å². The van der Waals surface area contributed by atoms with E-state index in [4.69, 9.17) is 10.5 Å². The minimum atomic E-state index is -0.866. The van der Waals surface area contributed by atoms with E-state index in [1.807, 2.05) is 0 Å². The van der Waals surface area contributed by atoms with Gasteiger partial charge in [0.2, 0.25) is 0 Å². The maximum atomic E-state index is 11.5. The van der Waals surface area contributed by atoms with Crippen LogP contribution >= 0.6 is 0 Å². The second kappa shape index (κ2) is 18.4. The Kier molecular flexibility index (Phi) is 19.7. The Bertz CT molecular complexity index is 376. The molecule has 0 heterocycles. The zero-order valence-corrected chi connectivity index (χ0v) is 15.2. The summed E-state index contributed by atoms with van der Waals surface area (Å²) in [4.78, 5) is 34.1. The molecule has 0 rings (SSSR count). The average Bonchev–Trinajstić information content (AvgIpc) is 2.57. The summed E-state index contributed by atoms with van der Waals surface area (Å²) < 4.78 is 9.16. The van der Waals surface area contributed by atoms with E-state index < -0.39 is 23.9 Å². The van der Waals surface area contributed by atoms with Crippen molar-refractivity contribution in [1.29, 1.82) is 0 Å². The number of esters is 3. The van der Waals surface area contributed by atoms with Crippen molar-refractivity contribution in [2.45, 2.75) is 90.0 Å². The fourth-order valence-electron chi connectivity index (χ4n) is 2.35. The first-order valence-corrected chi connectivity index (χ1v) is 9.08. The van der Waals surface area contributed by atoms with E-state index in [9.17, 15) is 14.4 Å². The van der Waals surface area contributed by atoms with Gasteiger partial charge in [0.1, 0.15) is 6.04 Å². The first-order valence-electron chi connectivity index (χ1n) is 9.08. The molecule has 6 nitrogen and oxygen atoms in total. The van der Waals surface area contributed by atoms with Gasteiger partial charge in [-0.1, -0.05) is 58.3 Å². The molecule has 25 heavy (non-hydrogen) atoms. The minimum absolute atomic E-state index is 0. The molecule has 7 heteroatoms. The van der Waals surface area contributed by atoms with Crippen LogP contribution in [0.4, 0.5) is 0 Å². The average molecular weight is 367 g/mol. The fourth-order valence-corrected chi connectivity index (χ4v) is 2.35. The van der Waals surface area contributed by atoms with E-state index in [0.29, 0.717) is 0 Å². The number of unbranched alkanes of at least 4 members (excludes halogenated alkanes) is 8. The summed E-state index contributed by atoms with van der Waals surface area (Å²) in [5, 5.41) is 0. The molecule has 0 aliphatic carbocycles. The van der Waals surface area contributed by atoms with E-state index in [-0.39, 0.29) is 48.8 Å². The molecule has 0 saturated heterocycles. The normalized spacial score (nSPS) is 11.3. The Hall–Kier alpha value is -0.430. The number of ether oxygens (including phenoxy) is 2. The summed E-state index contributed by atoms with van der Waals surface area (Å²) in [6.07, 6.45) is 10.7. The van der Waals surface area contributed by atoms with Crippen molar-refractivity contribution in [3.63, 3.8) is 0 Å². The van der Waals surface area contributed by atoms with Gasteiger partial charge in [-0.2, -0.15) is 0 Å². The summed E-state index contributed by atoms with van der Waals surface area (Å²) in [6.45, 7) is 2.21. The Morgan fingerprint density at radius 1 is 0.840 bits per heavy atom. The standard InChI is InChI=1S/C18H33NO5.Na.H/c1-3-4-5-6-7-8-9-10-11-12-16(20)24-17(21)14-13-15(19)18(22)23-2;;/h15H,3-14,19H2,1-2H3;;/t15-;;/m0../s1. The summed E-state index contributed by atoms with van der Waals surface area (Å²) in [7, 11) is 1.23. The molecule has 0 unspecified atom stereocenters. The maximum absolute atomic E-state index is 11.5. The van der Waals surface area contributed by atoms with Crippen LogP contribution in [0.2, 0.25) is 0 Å². The molecule has 0 aromatic rings. The molecular formula is C18H34NNaO5. The van der Waals surface area contributed by atoms with Crippen molar-refractivity contribution in [3.05, 3.63) is 0 Å². The molecule has 0 aliphatic rings. The van der Waals surface area contributed by atoms with Gasteiger partial charge in [0.25, 0.3) is 0 Å². The van der Waals surface area contributed by atoms with Crippen molar-refractivity contribution >= 4 is 47.5 Å². The Labute approximate surface area is 173 Å². The molecule has 0 spiro atoms. The van der Waals surface area contributed by atoms with Crippen molar-refractivity contribution in [2.24, 2.45) is 5.73 Å². The first-order chi connectivity index (χ1) is 11.5. The third kappa shape index (κ3) is 16.8. The van der Waals surface area contributed by atoms with E-state index in [2.05, 4.69) is 11.7 Å². The number of methoxy groups -OCH3 is 1. The zero-order valence-electron chi connectivity index (χ0n) is 15.2. The first kappa shape index (κ1) is 26.8. The Balaban J connectivity index is 0. The van der Waals surface area contributed by atoms with Crippen molar-refractivity contribution in [3.8, 4) is 0 Å². The molecule has 0 aromatic heterocycles. The summed E-state index contributed by atoms with van der Waals surface area (Å²) in [5.74, 6) is -1.73. The molecule has 0 saturated carbocycles. The molecule has 0 aliphatic heterocycles. The van der Waals surface area contributed by atoms with Gasteiger partial charge in [-0.3, -0.25) is 14.4 Å². The van der Waals surface area contributed by atoms with Gasteiger partial charge in [-0.05, 0) is 12.8 Å². The van der Waals surface area contributed by atoms with Gasteiger partial charge in [0.15, 0.2) is 0 Å². The van der Waals surface area contributed by atoms with Crippen molar-refractivity contribution < 1.29 is 23.9 Å². The molecule has 142 valence electrons. The van der Waals surface area contributed by atoms with Crippen LogP contribution in [0, 0.1) is 0 Å². The van der Waals surface area contributed by atoms with Gasteiger partial charge >= 0.3 is 47.5 Å². The molecule has 0 radical (unpaired) electrons. The fraction of sp³-hybridized carbons (Fsp3) is 0.833. The van der Waals surface area contributed by atoms with E-state index in [1.54, 1.807) is 0 Å². The van der Waals surface area contributed by atoms with Gasteiger partial charge in [-0.15, -0.1) is 0 Å². The summed E-state index contributed by atoms with van der Waals surface area (Å²) in [5.41, 5.74) is 5.50. The second-order valence-electron chi connectivity index (χ2n) is 6.09. The predicted molar refractivity (Wildman–Crippen MR) is 99.3 cm³/mol. The monoisotopic (exact) mass is 367 g/mol. The Morgan fingerprint density at radius 2 is 1.32 bits per heavy atom. The van der Waals surface area contributed by atoms with Crippen LogP contribution in [0.3, 0.4) is 0 Å². The van der Waals surface area contributed by atoms with E-state index in [1.165, 1.54) is 45.6 Å². The quantitative estimate of drug-likeness (QED) is 0.219. The molecular weight excluding hydrogens is 333 g/mol. The zero-order chi connectivity index (χ0) is 18.2. The number of hydrogen-bond donors (Lipinski definition) is 1. The number of hydrogen-bond acceptors (Lipinski definition) is 6. The van der Waals surface area contributed by atoms with Gasteiger partial charge in [0, 0.05) is 12.8 Å². The molecule has 0 fully saturated rings. The molecule has 0 aromatic carbocycles. The van der Waals surface area contributed by atoms with Crippen LogP contribution in [0.1, 0.15) is 84.0 Å². The third-order valence-electron chi connectivity index (χ3n) is 3.88. The third-order valence-corrected chi connectivity index (χ3v) is 3.88. The number of rotatable bonds is 14. The Morgan fingerprint density at radius 3 is 1.84 bits per heavy atom. The molecule has 2 N–H and O–H groups in total. The van der Waals surface area contributed by atoms with Gasteiger partial charge in [0.05, 0.1) is 7.11 Å². The number of nitrogens with two attached hydrogens (primary N) is 1. The topological polar surface area (TPSA) is 95.7 Å². The summed E-state index contributed by atoms with van der Waals surface area (Å²) >= 11 is 0. The van der Waals surface area contributed by atoms with Crippen molar-refractivity contribution in [1.82, 2.24) is 0 Å². The second-order valence-corrected chi connectivity index (χ2v) is 6.09.